The van der Waals surface area contributed by atoms with Gasteiger partial charge in [-0.05, 0) is 24.7 Å². The lowest BCUT2D eigenvalue weighted by Crippen LogP contribution is -2.68. The third-order valence-corrected chi connectivity index (χ3v) is 4.57. The predicted molar refractivity (Wildman–Crippen MR) is 79.2 cm³/mol. The number of nitrogens with zero attached hydrogens (tertiary/aromatic N) is 1. The van der Waals surface area contributed by atoms with Crippen molar-refractivity contribution in [2.24, 2.45) is 5.41 Å². The van der Waals surface area contributed by atoms with E-state index < -0.39 is 0 Å². The third kappa shape index (κ3) is 2.84. The molecule has 1 saturated heterocycles. The van der Waals surface area contributed by atoms with Crippen molar-refractivity contribution >= 4 is 11.8 Å². The minimum absolute atomic E-state index is 0.0401. The summed E-state index contributed by atoms with van der Waals surface area (Å²) in [5.41, 5.74) is -0.235. The van der Waals surface area contributed by atoms with Gasteiger partial charge >= 0.3 is 0 Å². The van der Waals surface area contributed by atoms with Crippen LogP contribution >= 0.6 is 0 Å². The zero-order valence-corrected chi connectivity index (χ0v) is 13.2. The number of amides is 2. The van der Waals surface area contributed by atoms with Gasteiger partial charge in [0.1, 0.15) is 12.1 Å². The van der Waals surface area contributed by atoms with Gasteiger partial charge in [0.25, 0.3) is 0 Å². The molecule has 0 radical (unpaired) electrons. The molecule has 0 bridgehead atoms. The quantitative estimate of drug-likeness (QED) is 0.863. The van der Waals surface area contributed by atoms with Crippen LogP contribution in [0, 0.1) is 5.41 Å². The number of hydrogen-bond donors (Lipinski definition) is 1. The van der Waals surface area contributed by atoms with E-state index in [1.54, 1.807) is 0 Å². The fourth-order valence-corrected chi connectivity index (χ4v) is 3.48. The molecule has 0 aromatic rings. The fourth-order valence-electron chi connectivity index (χ4n) is 3.48. The highest BCUT2D eigenvalue weighted by molar-refractivity contribution is 5.97. The van der Waals surface area contributed by atoms with Crippen molar-refractivity contribution in [3.8, 4) is 0 Å². The van der Waals surface area contributed by atoms with Crippen LogP contribution in [0.3, 0.4) is 0 Å². The van der Waals surface area contributed by atoms with Crippen LogP contribution in [0.1, 0.15) is 66.2 Å². The highest BCUT2D eigenvalue weighted by Gasteiger charge is 2.47. The van der Waals surface area contributed by atoms with Crippen LogP contribution in [-0.4, -0.2) is 34.8 Å². The second kappa shape index (κ2) is 5.74. The maximum Gasteiger partial charge on any atom is 0.246 e. The van der Waals surface area contributed by atoms with Crippen molar-refractivity contribution in [3.63, 3.8) is 0 Å². The van der Waals surface area contributed by atoms with Crippen molar-refractivity contribution in [1.29, 1.82) is 0 Å². The largest absolute Gasteiger partial charge is 0.342 e. The Bertz CT molecular complexity index is 380. The maximum absolute atomic E-state index is 12.9. The summed E-state index contributed by atoms with van der Waals surface area (Å²) in [7, 11) is 0. The van der Waals surface area contributed by atoms with E-state index in [2.05, 4.69) is 12.2 Å². The van der Waals surface area contributed by atoms with Crippen molar-refractivity contribution in [2.45, 2.75) is 84.3 Å². The first-order valence-corrected chi connectivity index (χ1v) is 7.98. The normalized spacial score (nSPS) is 28.9. The predicted octanol–water partition coefficient (Wildman–Crippen LogP) is 2.47. The van der Waals surface area contributed by atoms with Gasteiger partial charge in [-0.15, -0.1) is 0 Å². The summed E-state index contributed by atoms with van der Waals surface area (Å²) in [6.07, 6.45) is 6.15. The molecule has 0 aromatic carbocycles. The minimum atomic E-state index is -0.385. The molecule has 1 aliphatic carbocycles. The monoisotopic (exact) mass is 280 g/mol. The SMILES string of the molecule is CCCC1C(=O)NC(C(C)(C)C)C(=O)N1C1CCCC1. The zero-order chi connectivity index (χ0) is 14.9. The second-order valence-electron chi connectivity index (χ2n) is 7.30. The smallest absolute Gasteiger partial charge is 0.246 e. The molecule has 20 heavy (non-hydrogen) atoms. The summed E-state index contributed by atoms with van der Waals surface area (Å²) in [4.78, 5) is 27.3. The van der Waals surface area contributed by atoms with E-state index in [-0.39, 0.29) is 35.4 Å². The van der Waals surface area contributed by atoms with Crippen molar-refractivity contribution in [2.75, 3.05) is 0 Å². The Morgan fingerprint density at radius 2 is 1.80 bits per heavy atom. The molecule has 114 valence electrons. The standard InChI is InChI=1S/C16H28N2O2/c1-5-8-12-14(19)17-13(16(2,3)4)15(20)18(12)11-9-6-7-10-11/h11-13H,5-10H2,1-4H3,(H,17,19). The summed E-state index contributed by atoms with van der Waals surface area (Å²) in [5, 5.41) is 2.96. The summed E-state index contributed by atoms with van der Waals surface area (Å²) < 4.78 is 0. The average molecular weight is 280 g/mol. The lowest BCUT2D eigenvalue weighted by molar-refractivity contribution is -0.155. The van der Waals surface area contributed by atoms with Gasteiger partial charge in [-0.1, -0.05) is 47.0 Å². The third-order valence-electron chi connectivity index (χ3n) is 4.57. The number of piperazine rings is 1. The van der Waals surface area contributed by atoms with E-state index in [9.17, 15) is 9.59 Å². The Labute approximate surface area is 122 Å². The zero-order valence-electron chi connectivity index (χ0n) is 13.2. The second-order valence-corrected chi connectivity index (χ2v) is 7.30. The molecular weight excluding hydrogens is 252 g/mol. The first-order valence-electron chi connectivity index (χ1n) is 7.98. The number of rotatable bonds is 3. The molecule has 1 aliphatic heterocycles. The first-order chi connectivity index (χ1) is 9.36. The lowest BCUT2D eigenvalue weighted by Gasteiger charge is -2.46. The van der Waals surface area contributed by atoms with Gasteiger partial charge in [0.15, 0.2) is 0 Å². The van der Waals surface area contributed by atoms with E-state index in [1.807, 2.05) is 25.7 Å². The van der Waals surface area contributed by atoms with E-state index >= 15 is 0 Å². The number of hydrogen-bond acceptors (Lipinski definition) is 2. The van der Waals surface area contributed by atoms with Gasteiger partial charge in [0.2, 0.25) is 11.8 Å². The molecule has 2 fully saturated rings. The van der Waals surface area contributed by atoms with E-state index in [0.717, 1.165) is 25.7 Å². The molecule has 0 aromatic heterocycles. The summed E-state index contributed by atoms with van der Waals surface area (Å²) in [5.74, 6) is 0.167. The van der Waals surface area contributed by atoms with Crippen LogP contribution in [0.2, 0.25) is 0 Å². The van der Waals surface area contributed by atoms with Gasteiger partial charge in [0.05, 0.1) is 0 Å². The molecule has 2 unspecified atom stereocenters. The Hall–Kier alpha value is -1.06. The number of carbonyl (C=O) groups is 2. The van der Waals surface area contributed by atoms with Crippen LogP contribution in [0.5, 0.6) is 0 Å². The van der Waals surface area contributed by atoms with Gasteiger partial charge in [-0.25, -0.2) is 0 Å². The van der Waals surface area contributed by atoms with Gasteiger partial charge in [0, 0.05) is 6.04 Å². The Morgan fingerprint density at radius 3 is 2.30 bits per heavy atom. The molecular formula is C16H28N2O2. The summed E-state index contributed by atoms with van der Waals surface area (Å²) in [6, 6.07) is -0.368. The summed E-state index contributed by atoms with van der Waals surface area (Å²) >= 11 is 0. The fraction of sp³-hybridized carbons (Fsp3) is 0.875. The van der Waals surface area contributed by atoms with Crippen molar-refractivity contribution < 1.29 is 9.59 Å². The van der Waals surface area contributed by atoms with Crippen molar-refractivity contribution in [3.05, 3.63) is 0 Å². The Kier molecular flexibility index (Phi) is 4.40. The minimum Gasteiger partial charge on any atom is -0.342 e. The maximum atomic E-state index is 12.9. The van der Waals surface area contributed by atoms with E-state index in [4.69, 9.17) is 0 Å². The molecule has 1 heterocycles. The van der Waals surface area contributed by atoms with Crippen LogP contribution in [-0.2, 0) is 9.59 Å². The Morgan fingerprint density at radius 1 is 1.20 bits per heavy atom. The average Bonchev–Trinajstić information content (AvgIpc) is 2.86. The highest BCUT2D eigenvalue weighted by atomic mass is 16.2. The molecule has 2 atom stereocenters. The van der Waals surface area contributed by atoms with Gasteiger partial charge in [-0.3, -0.25) is 9.59 Å². The van der Waals surface area contributed by atoms with Crippen LogP contribution in [0.4, 0.5) is 0 Å². The topological polar surface area (TPSA) is 49.4 Å². The van der Waals surface area contributed by atoms with Crippen LogP contribution in [0.25, 0.3) is 0 Å². The van der Waals surface area contributed by atoms with Crippen molar-refractivity contribution in [1.82, 2.24) is 10.2 Å². The molecule has 2 amide bonds. The van der Waals surface area contributed by atoms with Crippen LogP contribution < -0.4 is 5.32 Å². The molecule has 1 saturated carbocycles. The highest BCUT2D eigenvalue weighted by Crippen LogP contribution is 2.32. The van der Waals surface area contributed by atoms with E-state index in [1.165, 1.54) is 12.8 Å². The number of nitrogens with one attached hydrogen (secondary N) is 1. The lowest BCUT2D eigenvalue weighted by atomic mass is 9.83. The molecule has 1 N–H and O–H groups in total. The number of carbonyl (C=O) groups excluding carboxylic acids is 2. The molecule has 4 heteroatoms. The molecule has 4 nitrogen and oxygen atoms in total. The summed E-state index contributed by atoms with van der Waals surface area (Å²) in [6.45, 7) is 8.12. The van der Waals surface area contributed by atoms with Crippen LogP contribution in [0.15, 0.2) is 0 Å². The molecule has 2 aliphatic rings. The van der Waals surface area contributed by atoms with Gasteiger partial charge < -0.3 is 10.2 Å². The van der Waals surface area contributed by atoms with Gasteiger partial charge in [-0.2, -0.15) is 0 Å². The molecule has 0 spiro atoms. The Balaban J connectivity index is 2.28. The van der Waals surface area contributed by atoms with E-state index in [0.29, 0.717) is 0 Å². The first kappa shape index (κ1) is 15.3. The molecule has 2 rings (SSSR count).